The van der Waals surface area contributed by atoms with Gasteiger partial charge >= 0.3 is 0 Å². The third-order valence-electron chi connectivity index (χ3n) is 1.53. The van der Waals surface area contributed by atoms with E-state index in [1.807, 2.05) is 18.5 Å². The van der Waals surface area contributed by atoms with Crippen LogP contribution in [-0.2, 0) is 13.6 Å². The predicted molar refractivity (Wildman–Crippen MR) is 43.1 cm³/mol. The Morgan fingerprint density at radius 2 is 2.30 bits per heavy atom. The standard InChI is InChI=1S/C6H11N3.ClH/c1-5-8-4-6(3-7)9(5)2;/h4H,3,7H2,1-2H3;1H. The zero-order chi connectivity index (χ0) is 6.85. The number of nitrogens with two attached hydrogens (primary N) is 1. The van der Waals surface area contributed by atoms with Gasteiger partial charge in [0.15, 0.2) is 0 Å². The second-order valence-electron chi connectivity index (χ2n) is 2.06. The Morgan fingerprint density at radius 1 is 1.70 bits per heavy atom. The minimum absolute atomic E-state index is 0. The molecule has 0 aliphatic rings. The van der Waals surface area contributed by atoms with Crippen molar-refractivity contribution < 1.29 is 0 Å². The Kier molecular flexibility index (Phi) is 3.39. The normalized spacial score (nSPS) is 9.10. The molecule has 10 heavy (non-hydrogen) atoms. The van der Waals surface area contributed by atoms with Crippen molar-refractivity contribution in [2.75, 3.05) is 0 Å². The first-order valence-corrected chi connectivity index (χ1v) is 2.93. The molecule has 3 nitrogen and oxygen atoms in total. The molecule has 0 fully saturated rings. The smallest absolute Gasteiger partial charge is 0.105 e. The largest absolute Gasteiger partial charge is 0.334 e. The summed E-state index contributed by atoms with van der Waals surface area (Å²) in [5, 5.41) is 0. The topological polar surface area (TPSA) is 43.8 Å². The highest BCUT2D eigenvalue weighted by Gasteiger charge is 1.97. The lowest BCUT2D eigenvalue weighted by atomic mass is 10.5. The molecule has 0 aliphatic heterocycles. The summed E-state index contributed by atoms with van der Waals surface area (Å²) >= 11 is 0. The molecule has 1 heterocycles. The maximum absolute atomic E-state index is 5.40. The molecule has 1 rings (SSSR count). The highest BCUT2D eigenvalue weighted by molar-refractivity contribution is 5.85. The fourth-order valence-electron chi connectivity index (χ4n) is 0.739. The van der Waals surface area contributed by atoms with Crippen LogP contribution in [0, 0.1) is 6.92 Å². The average molecular weight is 162 g/mol. The van der Waals surface area contributed by atoms with E-state index in [-0.39, 0.29) is 12.4 Å². The molecule has 1 aromatic heterocycles. The maximum Gasteiger partial charge on any atom is 0.105 e. The molecule has 58 valence electrons. The Balaban J connectivity index is 0.000000810. The van der Waals surface area contributed by atoms with Crippen LogP contribution in [-0.4, -0.2) is 9.55 Å². The van der Waals surface area contributed by atoms with E-state index in [0.29, 0.717) is 6.54 Å². The third-order valence-corrected chi connectivity index (χ3v) is 1.53. The number of aromatic nitrogens is 2. The number of nitrogens with zero attached hydrogens (tertiary/aromatic N) is 2. The summed E-state index contributed by atoms with van der Waals surface area (Å²) in [4.78, 5) is 4.07. The zero-order valence-corrected chi connectivity index (χ0v) is 6.98. The molecule has 0 bridgehead atoms. The van der Waals surface area contributed by atoms with Gasteiger partial charge in [0.2, 0.25) is 0 Å². The number of halogens is 1. The maximum atomic E-state index is 5.40. The summed E-state index contributed by atoms with van der Waals surface area (Å²) in [6.07, 6.45) is 1.80. The van der Waals surface area contributed by atoms with Gasteiger partial charge in [0.25, 0.3) is 0 Å². The Labute approximate surface area is 66.7 Å². The van der Waals surface area contributed by atoms with Gasteiger partial charge in [-0.05, 0) is 6.92 Å². The summed E-state index contributed by atoms with van der Waals surface area (Å²) in [6.45, 7) is 2.52. The van der Waals surface area contributed by atoms with Crippen LogP contribution < -0.4 is 5.73 Å². The lowest BCUT2D eigenvalue weighted by Crippen LogP contribution is -2.03. The van der Waals surface area contributed by atoms with E-state index in [4.69, 9.17) is 5.73 Å². The van der Waals surface area contributed by atoms with Gasteiger partial charge in [-0.15, -0.1) is 12.4 Å². The molecule has 0 spiro atoms. The number of imidazole rings is 1. The molecular weight excluding hydrogens is 150 g/mol. The molecule has 0 saturated carbocycles. The van der Waals surface area contributed by atoms with E-state index in [9.17, 15) is 0 Å². The number of rotatable bonds is 1. The van der Waals surface area contributed by atoms with Crippen molar-refractivity contribution in [2.24, 2.45) is 12.8 Å². The van der Waals surface area contributed by atoms with Crippen LogP contribution in [0.1, 0.15) is 11.5 Å². The predicted octanol–water partition coefficient (Wildman–Crippen LogP) is 0.609. The molecule has 4 heteroatoms. The van der Waals surface area contributed by atoms with Crippen molar-refractivity contribution in [2.45, 2.75) is 13.5 Å². The minimum atomic E-state index is 0. The summed E-state index contributed by atoms with van der Waals surface area (Å²) in [7, 11) is 1.96. The van der Waals surface area contributed by atoms with Gasteiger partial charge in [-0.2, -0.15) is 0 Å². The van der Waals surface area contributed by atoms with Crippen molar-refractivity contribution in [3.05, 3.63) is 17.7 Å². The highest BCUT2D eigenvalue weighted by Crippen LogP contribution is 1.98. The SMILES string of the molecule is Cc1ncc(CN)n1C.Cl. The molecule has 0 aliphatic carbocycles. The lowest BCUT2D eigenvalue weighted by Gasteiger charge is -1.97. The quantitative estimate of drug-likeness (QED) is 0.656. The molecule has 0 atom stereocenters. The first-order valence-electron chi connectivity index (χ1n) is 2.93. The summed E-state index contributed by atoms with van der Waals surface area (Å²) < 4.78 is 1.99. The van der Waals surface area contributed by atoms with Crippen molar-refractivity contribution in [1.29, 1.82) is 0 Å². The van der Waals surface area contributed by atoms with Crippen LogP contribution in [0.2, 0.25) is 0 Å². The molecule has 2 N–H and O–H groups in total. The molecule has 0 radical (unpaired) electrons. The van der Waals surface area contributed by atoms with Crippen LogP contribution in [0.4, 0.5) is 0 Å². The van der Waals surface area contributed by atoms with Crippen molar-refractivity contribution >= 4 is 12.4 Å². The first kappa shape index (κ1) is 9.46. The summed E-state index contributed by atoms with van der Waals surface area (Å²) in [6, 6.07) is 0. The van der Waals surface area contributed by atoms with Gasteiger partial charge in [0, 0.05) is 19.8 Å². The van der Waals surface area contributed by atoms with Crippen molar-refractivity contribution in [1.82, 2.24) is 9.55 Å². The van der Waals surface area contributed by atoms with Crippen LogP contribution in [0.3, 0.4) is 0 Å². The first-order chi connectivity index (χ1) is 4.25. The van der Waals surface area contributed by atoms with Crippen LogP contribution in [0.25, 0.3) is 0 Å². The summed E-state index contributed by atoms with van der Waals surface area (Å²) in [5.41, 5.74) is 6.48. The zero-order valence-electron chi connectivity index (χ0n) is 6.16. The molecule has 1 aromatic rings. The van der Waals surface area contributed by atoms with E-state index < -0.39 is 0 Å². The van der Waals surface area contributed by atoms with Gasteiger partial charge in [-0.1, -0.05) is 0 Å². The Morgan fingerprint density at radius 3 is 2.50 bits per heavy atom. The second-order valence-corrected chi connectivity index (χ2v) is 2.06. The highest BCUT2D eigenvalue weighted by atomic mass is 35.5. The molecule has 0 saturated heterocycles. The average Bonchev–Trinajstić information content (AvgIpc) is 2.15. The second kappa shape index (κ2) is 3.58. The Hall–Kier alpha value is -0.540. The van der Waals surface area contributed by atoms with E-state index in [0.717, 1.165) is 11.5 Å². The van der Waals surface area contributed by atoms with Gasteiger partial charge in [-0.3, -0.25) is 0 Å². The van der Waals surface area contributed by atoms with Gasteiger partial charge in [0.05, 0.1) is 5.69 Å². The van der Waals surface area contributed by atoms with E-state index in [1.54, 1.807) is 6.20 Å². The number of hydrogen-bond donors (Lipinski definition) is 1. The lowest BCUT2D eigenvalue weighted by molar-refractivity contribution is 0.788. The fourth-order valence-corrected chi connectivity index (χ4v) is 0.739. The van der Waals surface area contributed by atoms with E-state index >= 15 is 0 Å². The fraction of sp³-hybridized carbons (Fsp3) is 0.500. The summed E-state index contributed by atoms with van der Waals surface area (Å²) in [5.74, 6) is 1.01. The van der Waals surface area contributed by atoms with Crippen LogP contribution in [0.5, 0.6) is 0 Å². The molecule has 0 amide bonds. The molecule has 0 unspecified atom stereocenters. The van der Waals surface area contributed by atoms with Crippen LogP contribution >= 0.6 is 12.4 Å². The van der Waals surface area contributed by atoms with E-state index in [2.05, 4.69) is 4.98 Å². The number of hydrogen-bond acceptors (Lipinski definition) is 2. The third kappa shape index (κ3) is 1.49. The van der Waals surface area contributed by atoms with Crippen LogP contribution in [0.15, 0.2) is 6.20 Å². The minimum Gasteiger partial charge on any atom is -0.334 e. The monoisotopic (exact) mass is 161 g/mol. The van der Waals surface area contributed by atoms with Gasteiger partial charge in [0.1, 0.15) is 5.82 Å². The van der Waals surface area contributed by atoms with E-state index in [1.165, 1.54) is 0 Å². The molecule has 0 aromatic carbocycles. The van der Waals surface area contributed by atoms with Gasteiger partial charge < -0.3 is 10.3 Å². The molecular formula is C6H12ClN3. The number of aryl methyl sites for hydroxylation is 1. The van der Waals surface area contributed by atoms with Crippen molar-refractivity contribution in [3.63, 3.8) is 0 Å². The Bertz CT molecular complexity index is 207. The van der Waals surface area contributed by atoms with Crippen molar-refractivity contribution in [3.8, 4) is 0 Å². The van der Waals surface area contributed by atoms with Gasteiger partial charge in [-0.25, -0.2) is 4.98 Å².